The van der Waals surface area contributed by atoms with Crippen molar-refractivity contribution in [3.05, 3.63) is 17.9 Å². The summed E-state index contributed by atoms with van der Waals surface area (Å²) < 4.78 is 28.3. The van der Waals surface area contributed by atoms with Crippen molar-refractivity contribution in [3.63, 3.8) is 0 Å². The summed E-state index contributed by atoms with van der Waals surface area (Å²) in [6, 6.07) is -1.39. The fraction of sp³-hybridized carbons (Fsp3) is 0.625. The van der Waals surface area contributed by atoms with Crippen molar-refractivity contribution in [2.45, 2.75) is 23.8 Å². The predicted octanol–water partition coefficient (Wildman–Crippen LogP) is -1.10. The molecule has 0 aromatic carbocycles. The third-order valence-corrected chi connectivity index (χ3v) is 2.20. The fourth-order valence-corrected chi connectivity index (χ4v) is 1.32. The first-order valence-electron chi connectivity index (χ1n) is 4.13. The zero-order chi connectivity index (χ0) is 11.6. The highest BCUT2D eigenvalue weighted by atomic mass is 19.3. The molecule has 2 radical (unpaired) electrons. The third kappa shape index (κ3) is 2.27. The Morgan fingerprint density at radius 2 is 2.20 bits per heavy atom. The lowest BCUT2D eigenvalue weighted by atomic mass is 9.80. The lowest BCUT2D eigenvalue weighted by molar-refractivity contribution is -0.0286. The van der Waals surface area contributed by atoms with Crippen molar-refractivity contribution >= 4 is 7.85 Å². The van der Waals surface area contributed by atoms with Crippen LogP contribution < -0.4 is 0 Å². The normalized spacial score (nSPS) is 39.9. The summed E-state index contributed by atoms with van der Waals surface area (Å²) >= 11 is 0. The van der Waals surface area contributed by atoms with Crippen molar-refractivity contribution in [1.82, 2.24) is 0 Å². The molecule has 0 amide bonds. The summed E-state index contributed by atoms with van der Waals surface area (Å²) in [7, 11) is 5.29. The first-order chi connectivity index (χ1) is 6.91. The molecule has 1 heterocycles. The van der Waals surface area contributed by atoms with Gasteiger partial charge in [-0.2, -0.15) is 8.78 Å². The van der Waals surface area contributed by atoms with Gasteiger partial charge in [0.25, 0.3) is 0 Å². The molecule has 1 aliphatic rings. The molecule has 0 aliphatic carbocycles. The molecule has 0 aromatic heterocycles. The molecule has 1 fully saturated rings. The van der Waals surface area contributed by atoms with E-state index in [9.17, 15) is 19.0 Å². The molecular weight excluding hydrogens is 209 g/mol. The fourth-order valence-electron chi connectivity index (χ4n) is 1.32. The Labute approximate surface area is 85.9 Å². The summed E-state index contributed by atoms with van der Waals surface area (Å²) in [5, 5.41) is 27.9. The van der Waals surface area contributed by atoms with Crippen molar-refractivity contribution in [2.24, 2.45) is 0 Å². The van der Waals surface area contributed by atoms with Crippen LogP contribution in [-0.2, 0) is 4.74 Å². The second kappa shape index (κ2) is 4.43. The molecule has 15 heavy (non-hydrogen) atoms. The van der Waals surface area contributed by atoms with Crippen molar-refractivity contribution in [3.8, 4) is 0 Å². The minimum Gasteiger partial charge on any atom is -0.394 e. The van der Waals surface area contributed by atoms with E-state index in [1.54, 1.807) is 0 Å². The maximum Gasteiger partial charge on any atom is 0.312 e. The van der Waals surface area contributed by atoms with E-state index in [1.165, 1.54) is 5.73 Å². The van der Waals surface area contributed by atoms with Crippen LogP contribution in [0.4, 0.5) is 8.78 Å². The van der Waals surface area contributed by atoms with E-state index in [-0.39, 0.29) is 0 Å². The maximum absolute atomic E-state index is 11.7. The van der Waals surface area contributed by atoms with Crippen LogP contribution in [0.2, 0.25) is 0 Å². The molecule has 1 aliphatic heterocycles. The number of aliphatic hydroxyl groups excluding tert-OH is 2. The standard InChI is InChI=1S/C8H9BF2O4/c9-7-8(14,2-1-5(10)11)6(13)4(3-12)15-7/h2,4,6-7,12-14H,3H2/t4-,6?,7-,8-/m1/s1. The minimum atomic E-state index is -2.17. The van der Waals surface area contributed by atoms with Gasteiger partial charge in [0.15, 0.2) is 0 Å². The molecule has 1 unspecified atom stereocenters. The van der Waals surface area contributed by atoms with Gasteiger partial charge in [-0.3, -0.25) is 0 Å². The Morgan fingerprint density at radius 1 is 1.60 bits per heavy atom. The van der Waals surface area contributed by atoms with Gasteiger partial charge in [0, 0.05) is 0 Å². The Bertz CT molecular complexity index is 301. The molecule has 0 aromatic rings. The predicted molar refractivity (Wildman–Crippen MR) is 46.3 cm³/mol. The number of halogens is 2. The number of rotatable bonds is 2. The van der Waals surface area contributed by atoms with Crippen LogP contribution >= 0.6 is 0 Å². The summed E-state index contributed by atoms with van der Waals surface area (Å²) in [5.74, 6) is 0. The molecule has 4 atom stereocenters. The van der Waals surface area contributed by atoms with E-state index in [2.05, 4.69) is 0 Å². The second-order valence-corrected chi connectivity index (χ2v) is 3.16. The van der Waals surface area contributed by atoms with Crippen LogP contribution in [0.3, 0.4) is 0 Å². The average Bonchev–Trinajstić information content (AvgIpc) is 2.40. The molecule has 0 saturated carbocycles. The van der Waals surface area contributed by atoms with Gasteiger partial charge in [0.2, 0.25) is 0 Å². The Balaban J connectivity index is 2.97. The van der Waals surface area contributed by atoms with Crippen molar-refractivity contribution in [1.29, 1.82) is 0 Å². The highest BCUT2D eigenvalue weighted by molar-refractivity contribution is 6.12. The maximum atomic E-state index is 11.7. The van der Waals surface area contributed by atoms with Crippen LogP contribution in [0.5, 0.6) is 0 Å². The van der Waals surface area contributed by atoms with Crippen molar-refractivity contribution < 1.29 is 28.8 Å². The van der Waals surface area contributed by atoms with E-state index in [4.69, 9.17) is 17.7 Å². The minimum absolute atomic E-state index is 0.535. The monoisotopic (exact) mass is 218 g/mol. The van der Waals surface area contributed by atoms with Gasteiger partial charge >= 0.3 is 6.08 Å². The molecule has 1 saturated heterocycles. The zero-order valence-electron chi connectivity index (χ0n) is 7.60. The van der Waals surface area contributed by atoms with Gasteiger partial charge in [-0.25, -0.2) is 0 Å². The Kier molecular flexibility index (Phi) is 3.65. The van der Waals surface area contributed by atoms with E-state index >= 15 is 0 Å². The summed E-state index contributed by atoms with van der Waals surface area (Å²) in [5.41, 5.74) is -0.730. The molecule has 4 nitrogen and oxygen atoms in total. The average molecular weight is 218 g/mol. The molecule has 7 heteroatoms. The SMILES string of the molecule is [B][C@@H]1O[C@H](CO)C(O)[C@]1(O)C=C=C(F)F. The third-order valence-electron chi connectivity index (χ3n) is 2.20. The second-order valence-electron chi connectivity index (χ2n) is 3.16. The van der Waals surface area contributed by atoms with E-state index < -0.39 is 36.5 Å². The Hall–Kier alpha value is -0.715. The molecule has 1 rings (SSSR count). The number of hydrogen-bond acceptors (Lipinski definition) is 4. The Morgan fingerprint density at radius 3 is 2.60 bits per heavy atom. The number of aliphatic hydroxyl groups is 3. The highest BCUT2D eigenvalue weighted by Gasteiger charge is 2.50. The van der Waals surface area contributed by atoms with Gasteiger partial charge in [-0.05, 0) is 6.08 Å². The van der Waals surface area contributed by atoms with Gasteiger partial charge < -0.3 is 20.1 Å². The van der Waals surface area contributed by atoms with E-state index in [0.717, 1.165) is 0 Å². The lowest BCUT2D eigenvalue weighted by Gasteiger charge is -2.24. The smallest absolute Gasteiger partial charge is 0.312 e. The topological polar surface area (TPSA) is 69.9 Å². The summed E-state index contributed by atoms with van der Waals surface area (Å²) in [4.78, 5) is 0. The summed E-state index contributed by atoms with van der Waals surface area (Å²) in [6.45, 7) is -0.577. The number of hydrogen-bond donors (Lipinski definition) is 3. The first-order valence-corrected chi connectivity index (χ1v) is 4.13. The van der Waals surface area contributed by atoms with Gasteiger partial charge in [-0.15, -0.1) is 0 Å². The first kappa shape index (κ1) is 12.4. The van der Waals surface area contributed by atoms with Crippen LogP contribution in [0, 0.1) is 0 Å². The van der Waals surface area contributed by atoms with Crippen LogP contribution in [0.25, 0.3) is 0 Å². The molecule has 3 N–H and O–H groups in total. The molecule has 0 bridgehead atoms. The van der Waals surface area contributed by atoms with Gasteiger partial charge in [0.05, 0.1) is 12.6 Å². The largest absolute Gasteiger partial charge is 0.394 e. The van der Waals surface area contributed by atoms with Crippen LogP contribution in [-0.4, -0.2) is 53.6 Å². The van der Waals surface area contributed by atoms with E-state index in [1.807, 2.05) is 0 Å². The van der Waals surface area contributed by atoms with Gasteiger partial charge in [0.1, 0.15) is 25.7 Å². The molecule has 0 spiro atoms. The van der Waals surface area contributed by atoms with Crippen LogP contribution in [0.1, 0.15) is 0 Å². The summed E-state index contributed by atoms with van der Waals surface area (Å²) in [6.07, 6.45) is -4.31. The lowest BCUT2D eigenvalue weighted by Crippen LogP contribution is -2.47. The quantitative estimate of drug-likeness (QED) is 0.406. The number of ether oxygens (including phenoxy) is 1. The zero-order valence-corrected chi connectivity index (χ0v) is 7.60. The van der Waals surface area contributed by atoms with Gasteiger partial charge in [-0.1, -0.05) is 5.73 Å². The molecule has 82 valence electrons. The highest BCUT2D eigenvalue weighted by Crippen LogP contribution is 2.30. The molecular formula is C8H9BF2O4. The van der Waals surface area contributed by atoms with Crippen molar-refractivity contribution in [2.75, 3.05) is 6.61 Å². The van der Waals surface area contributed by atoms with E-state index in [0.29, 0.717) is 6.08 Å². The van der Waals surface area contributed by atoms with Crippen LogP contribution in [0.15, 0.2) is 17.9 Å².